The summed E-state index contributed by atoms with van der Waals surface area (Å²) >= 11 is 0. The number of fused-ring (bicyclic) bond motifs is 1. The predicted octanol–water partition coefficient (Wildman–Crippen LogP) is 2.37. The largest absolute Gasteiger partial charge is 0.459 e. The van der Waals surface area contributed by atoms with Crippen molar-refractivity contribution < 1.29 is 9.53 Å². The van der Waals surface area contributed by atoms with Crippen LogP contribution in [0.25, 0.3) is 0 Å². The maximum atomic E-state index is 12.0. The summed E-state index contributed by atoms with van der Waals surface area (Å²) in [6, 6.07) is 15.5. The Balaban J connectivity index is 1.57. The number of benzene rings is 2. The maximum Gasteiger partial charge on any atom is 0.325 e. The normalized spacial score (nSPS) is 13.0. The smallest absolute Gasteiger partial charge is 0.325 e. The first-order valence-corrected chi connectivity index (χ1v) is 7.05. The van der Waals surface area contributed by atoms with E-state index >= 15 is 0 Å². The van der Waals surface area contributed by atoms with Crippen LogP contribution in [0.3, 0.4) is 0 Å². The molecular formula is C17H18N2O2. The van der Waals surface area contributed by atoms with Gasteiger partial charge in [-0.3, -0.25) is 4.79 Å². The van der Waals surface area contributed by atoms with Crippen LogP contribution in [0.1, 0.15) is 11.1 Å². The molecule has 21 heavy (non-hydrogen) atoms. The number of esters is 1. The molecule has 0 atom stereocenters. The van der Waals surface area contributed by atoms with Crippen molar-refractivity contribution in [2.45, 2.75) is 13.0 Å². The van der Waals surface area contributed by atoms with Crippen LogP contribution in [0.2, 0.25) is 0 Å². The average molecular weight is 282 g/mol. The van der Waals surface area contributed by atoms with Crippen molar-refractivity contribution in [3.8, 4) is 0 Å². The minimum Gasteiger partial charge on any atom is -0.459 e. The van der Waals surface area contributed by atoms with E-state index in [1.165, 1.54) is 5.56 Å². The predicted molar refractivity (Wildman–Crippen MR) is 83.0 cm³/mol. The zero-order valence-electron chi connectivity index (χ0n) is 11.8. The number of nitrogen functional groups attached to an aromatic ring is 1. The summed E-state index contributed by atoms with van der Waals surface area (Å²) < 4.78 is 5.32. The van der Waals surface area contributed by atoms with E-state index < -0.39 is 0 Å². The first-order chi connectivity index (χ1) is 10.2. The van der Waals surface area contributed by atoms with Gasteiger partial charge < -0.3 is 15.4 Å². The molecule has 0 unspecified atom stereocenters. The van der Waals surface area contributed by atoms with Gasteiger partial charge in [-0.2, -0.15) is 0 Å². The summed E-state index contributed by atoms with van der Waals surface area (Å²) in [6.45, 7) is 1.44. The standard InChI is InChI=1S/C17H18N2O2/c18-15-6-7-16-14(10-15)8-9-19(16)11-17(20)21-12-13-4-2-1-3-5-13/h1-7,10H,8-9,11-12,18H2. The van der Waals surface area contributed by atoms with E-state index in [4.69, 9.17) is 10.5 Å². The third-order valence-electron chi connectivity index (χ3n) is 3.66. The van der Waals surface area contributed by atoms with E-state index in [-0.39, 0.29) is 12.5 Å². The molecule has 0 radical (unpaired) electrons. The Labute approximate surface area is 124 Å². The average Bonchev–Trinajstić information content (AvgIpc) is 2.88. The molecule has 0 aromatic heterocycles. The zero-order valence-corrected chi connectivity index (χ0v) is 11.8. The Morgan fingerprint density at radius 3 is 2.81 bits per heavy atom. The third kappa shape index (κ3) is 3.16. The van der Waals surface area contributed by atoms with Gasteiger partial charge in [-0.25, -0.2) is 0 Å². The van der Waals surface area contributed by atoms with Crippen LogP contribution in [0.5, 0.6) is 0 Å². The molecule has 1 aliphatic rings. The summed E-state index contributed by atoms with van der Waals surface area (Å²) in [4.78, 5) is 14.0. The van der Waals surface area contributed by atoms with Crippen LogP contribution >= 0.6 is 0 Å². The third-order valence-corrected chi connectivity index (χ3v) is 3.66. The molecule has 4 nitrogen and oxygen atoms in total. The van der Waals surface area contributed by atoms with Crippen LogP contribution in [0, 0.1) is 0 Å². The van der Waals surface area contributed by atoms with Gasteiger partial charge in [-0.1, -0.05) is 30.3 Å². The van der Waals surface area contributed by atoms with Gasteiger partial charge in [-0.15, -0.1) is 0 Å². The van der Waals surface area contributed by atoms with Gasteiger partial charge in [0.05, 0.1) is 0 Å². The second-order valence-corrected chi connectivity index (χ2v) is 5.21. The van der Waals surface area contributed by atoms with E-state index in [9.17, 15) is 4.79 Å². The molecule has 0 saturated heterocycles. The highest BCUT2D eigenvalue weighted by molar-refractivity contribution is 5.77. The molecule has 4 heteroatoms. The Morgan fingerprint density at radius 2 is 2.00 bits per heavy atom. The molecule has 0 fully saturated rings. The van der Waals surface area contributed by atoms with Gasteiger partial charge in [0, 0.05) is 17.9 Å². The fourth-order valence-electron chi connectivity index (χ4n) is 2.59. The van der Waals surface area contributed by atoms with Gasteiger partial charge >= 0.3 is 5.97 Å². The van der Waals surface area contributed by atoms with Crippen LogP contribution < -0.4 is 10.6 Å². The first kappa shape index (κ1) is 13.5. The minimum atomic E-state index is -0.205. The number of rotatable bonds is 4. The van der Waals surface area contributed by atoms with Crippen LogP contribution in [-0.2, 0) is 22.6 Å². The second kappa shape index (κ2) is 5.87. The lowest BCUT2D eigenvalue weighted by Crippen LogP contribution is -2.29. The monoisotopic (exact) mass is 282 g/mol. The molecular weight excluding hydrogens is 264 g/mol. The van der Waals surface area contributed by atoms with Gasteiger partial charge in [-0.05, 0) is 35.7 Å². The van der Waals surface area contributed by atoms with Crippen LogP contribution in [0.15, 0.2) is 48.5 Å². The van der Waals surface area contributed by atoms with E-state index in [0.717, 1.165) is 29.9 Å². The summed E-state index contributed by atoms with van der Waals surface area (Å²) in [5, 5.41) is 0. The van der Waals surface area contributed by atoms with Crippen molar-refractivity contribution in [2.75, 3.05) is 23.7 Å². The number of hydrogen-bond donors (Lipinski definition) is 1. The van der Waals surface area contributed by atoms with Gasteiger partial charge in [0.1, 0.15) is 13.2 Å². The number of anilines is 2. The molecule has 2 N–H and O–H groups in total. The lowest BCUT2D eigenvalue weighted by molar-refractivity contribution is -0.143. The molecule has 0 bridgehead atoms. The van der Waals surface area contributed by atoms with Crippen molar-refractivity contribution in [3.63, 3.8) is 0 Å². The molecule has 0 saturated carbocycles. The highest BCUT2D eigenvalue weighted by Gasteiger charge is 2.21. The summed E-state index contributed by atoms with van der Waals surface area (Å²) in [7, 11) is 0. The number of carbonyl (C=O) groups excluding carboxylic acids is 1. The van der Waals surface area contributed by atoms with E-state index in [1.54, 1.807) is 0 Å². The molecule has 0 aliphatic carbocycles. The van der Waals surface area contributed by atoms with E-state index in [1.807, 2.05) is 53.4 Å². The number of nitrogens with zero attached hydrogens (tertiary/aromatic N) is 1. The first-order valence-electron chi connectivity index (χ1n) is 7.05. The van der Waals surface area contributed by atoms with E-state index in [0.29, 0.717) is 6.61 Å². The summed E-state index contributed by atoms with van der Waals surface area (Å²) in [5.74, 6) is -0.205. The van der Waals surface area contributed by atoms with Gasteiger partial charge in [0.25, 0.3) is 0 Å². The Morgan fingerprint density at radius 1 is 1.19 bits per heavy atom. The van der Waals surface area contributed by atoms with Gasteiger partial charge in [0.2, 0.25) is 0 Å². The van der Waals surface area contributed by atoms with Crippen molar-refractivity contribution in [3.05, 3.63) is 59.7 Å². The zero-order chi connectivity index (χ0) is 14.7. The second-order valence-electron chi connectivity index (χ2n) is 5.21. The number of nitrogens with two attached hydrogens (primary N) is 1. The Kier molecular flexibility index (Phi) is 3.77. The molecule has 108 valence electrons. The van der Waals surface area contributed by atoms with E-state index in [2.05, 4.69) is 0 Å². The van der Waals surface area contributed by atoms with Crippen molar-refractivity contribution >= 4 is 17.3 Å². The highest BCUT2D eigenvalue weighted by Crippen LogP contribution is 2.29. The fourth-order valence-corrected chi connectivity index (χ4v) is 2.59. The molecule has 0 amide bonds. The van der Waals surface area contributed by atoms with Crippen molar-refractivity contribution in [1.29, 1.82) is 0 Å². The highest BCUT2D eigenvalue weighted by atomic mass is 16.5. The summed E-state index contributed by atoms with van der Waals surface area (Å²) in [5.41, 5.74) is 9.83. The molecule has 3 rings (SSSR count). The molecule has 2 aromatic rings. The number of carbonyl (C=O) groups is 1. The summed E-state index contributed by atoms with van der Waals surface area (Å²) in [6.07, 6.45) is 0.923. The molecule has 1 heterocycles. The topological polar surface area (TPSA) is 55.6 Å². The van der Waals surface area contributed by atoms with Crippen molar-refractivity contribution in [2.24, 2.45) is 0 Å². The molecule has 2 aromatic carbocycles. The molecule has 1 aliphatic heterocycles. The molecule has 0 spiro atoms. The quantitative estimate of drug-likeness (QED) is 0.691. The number of hydrogen-bond acceptors (Lipinski definition) is 4. The van der Waals surface area contributed by atoms with Crippen LogP contribution in [0.4, 0.5) is 11.4 Å². The number of ether oxygens (including phenoxy) is 1. The lowest BCUT2D eigenvalue weighted by atomic mass is 10.1. The lowest BCUT2D eigenvalue weighted by Gasteiger charge is -2.18. The fraction of sp³-hybridized carbons (Fsp3) is 0.235. The van der Waals surface area contributed by atoms with Gasteiger partial charge in [0.15, 0.2) is 0 Å². The van der Waals surface area contributed by atoms with Crippen molar-refractivity contribution in [1.82, 2.24) is 0 Å². The Hall–Kier alpha value is -2.49. The maximum absolute atomic E-state index is 12.0. The Bertz CT molecular complexity index is 640. The van der Waals surface area contributed by atoms with Crippen LogP contribution in [-0.4, -0.2) is 19.1 Å². The minimum absolute atomic E-state index is 0.205. The SMILES string of the molecule is Nc1ccc2c(c1)CCN2CC(=O)OCc1ccccc1.